The second-order valence-corrected chi connectivity index (χ2v) is 4.24. The first-order chi connectivity index (χ1) is 6.59. The van der Waals surface area contributed by atoms with Gasteiger partial charge in [0.2, 0.25) is 5.91 Å². The van der Waals surface area contributed by atoms with Crippen LogP contribution in [-0.2, 0) is 9.53 Å². The van der Waals surface area contributed by atoms with Gasteiger partial charge in [0.1, 0.15) is 0 Å². The Labute approximate surface area is 85.2 Å². The smallest absolute Gasteiger partial charge is 0.221 e. The SMILES string of the molecule is CC(C)C(N)CC(=O)NC1CCOC1. The number of hydrogen-bond donors (Lipinski definition) is 2. The summed E-state index contributed by atoms with van der Waals surface area (Å²) in [6.45, 7) is 5.44. The molecule has 1 saturated heterocycles. The number of amides is 1. The number of nitrogens with one attached hydrogen (secondary N) is 1. The van der Waals surface area contributed by atoms with Gasteiger partial charge in [0, 0.05) is 19.1 Å². The van der Waals surface area contributed by atoms with Gasteiger partial charge in [0.15, 0.2) is 0 Å². The van der Waals surface area contributed by atoms with E-state index in [1.165, 1.54) is 0 Å². The van der Waals surface area contributed by atoms with Crippen LogP contribution in [0.3, 0.4) is 0 Å². The molecule has 1 aliphatic heterocycles. The Balaban J connectivity index is 2.21. The lowest BCUT2D eigenvalue weighted by Gasteiger charge is -2.16. The quantitative estimate of drug-likeness (QED) is 0.684. The third-order valence-electron chi connectivity index (χ3n) is 2.57. The molecule has 2 atom stereocenters. The lowest BCUT2D eigenvalue weighted by atomic mass is 10.0. The number of carbonyl (C=O) groups is 1. The Morgan fingerprint density at radius 1 is 1.64 bits per heavy atom. The van der Waals surface area contributed by atoms with E-state index in [9.17, 15) is 4.79 Å². The predicted octanol–water partition coefficient (Wildman–Crippen LogP) is 0.265. The summed E-state index contributed by atoms with van der Waals surface area (Å²) in [4.78, 5) is 11.5. The molecule has 2 unspecified atom stereocenters. The molecule has 0 aliphatic carbocycles. The first-order valence-electron chi connectivity index (χ1n) is 5.22. The van der Waals surface area contributed by atoms with Crippen molar-refractivity contribution in [1.82, 2.24) is 5.32 Å². The topological polar surface area (TPSA) is 64.4 Å². The third kappa shape index (κ3) is 3.64. The molecule has 0 spiro atoms. The van der Waals surface area contributed by atoms with Crippen molar-refractivity contribution in [3.63, 3.8) is 0 Å². The highest BCUT2D eigenvalue weighted by Crippen LogP contribution is 2.06. The first-order valence-corrected chi connectivity index (χ1v) is 5.22. The summed E-state index contributed by atoms with van der Waals surface area (Å²) < 4.78 is 5.16. The Hall–Kier alpha value is -0.610. The van der Waals surface area contributed by atoms with Crippen LogP contribution in [0.25, 0.3) is 0 Å². The molecule has 1 amide bonds. The van der Waals surface area contributed by atoms with Gasteiger partial charge in [0.25, 0.3) is 0 Å². The van der Waals surface area contributed by atoms with Gasteiger partial charge >= 0.3 is 0 Å². The molecule has 1 heterocycles. The summed E-state index contributed by atoms with van der Waals surface area (Å²) in [5.74, 6) is 0.391. The van der Waals surface area contributed by atoms with Crippen molar-refractivity contribution >= 4 is 5.91 Å². The summed E-state index contributed by atoms with van der Waals surface area (Å²) >= 11 is 0. The molecule has 1 fully saturated rings. The molecule has 0 saturated carbocycles. The number of ether oxygens (including phenoxy) is 1. The number of carbonyl (C=O) groups excluding carboxylic acids is 1. The predicted molar refractivity (Wildman–Crippen MR) is 54.8 cm³/mol. The zero-order chi connectivity index (χ0) is 10.6. The molecular weight excluding hydrogens is 180 g/mol. The molecule has 4 heteroatoms. The third-order valence-corrected chi connectivity index (χ3v) is 2.57. The second-order valence-electron chi connectivity index (χ2n) is 4.24. The summed E-state index contributed by atoms with van der Waals surface area (Å²) in [6, 6.07) is 0.152. The minimum absolute atomic E-state index is 0.0432. The maximum Gasteiger partial charge on any atom is 0.221 e. The lowest BCUT2D eigenvalue weighted by molar-refractivity contribution is -0.122. The average molecular weight is 200 g/mol. The normalized spacial score (nSPS) is 23.9. The van der Waals surface area contributed by atoms with Crippen molar-refractivity contribution in [1.29, 1.82) is 0 Å². The maximum atomic E-state index is 11.5. The van der Waals surface area contributed by atoms with Gasteiger partial charge in [-0.15, -0.1) is 0 Å². The van der Waals surface area contributed by atoms with E-state index in [1.807, 2.05) is 13.8 Å². The Morgan fingerprint density at radius 2 is 2.36 bits per heavy atom. The minimum atomic E-state index is -0.0441. The number of rotatable bonds is 4. The fourth-order valence-corrected chi connectivity index (χ4v) is 1.38. The van der Waals surface area contributed by atoms with Crippen LogP contribution in [0, 0.1) is 5.92 Å². The van der Waals surface area contributed by atoms with E-state index < -0.39 is 0 Å². The van der Waals surface area contributed by atoms with Gasteiger partial charge in [-0.1, -0.05) is 13.8 Å². The van der Waals surface area contributed by atoms with Gasteiger partial charge < -0.3 is 15.8 Å². The number of hydrogen-bond acceptors (Lipinski definition) is 3. The fraction of sp³-hybridized carbons (Fsp3) is 0.900. The van der Waals surface area contributed by atoms with E-state index in [0.717, 1.165) is 13.0 Å². The van der Waals surface area contributed by atoms with Crippen molar-refractivity contribution in [3.8, 4) is 0 Å². The average Bonchev–Trinajstić information content (AvgIpc) is 2.56. The van der Waals surface area contributed by atoms with Crippen LogP contribution in [0.1, 0.15) is 26.7 Å². The Morgan fingerprint density at radius 3 is 2.86 bits per heavy atom. The molecule has 4 nitrogen and oxygen atoms in total. The van der Waals surface area contributed by atoms with Crippen LogP contribution in [0.4, 0.5) is 0 Å². The Kier molecular flexibility index (Phi) is 4.35. The van der Waals surface area contributed by atoms with Crippen LogP contribution in [0.15, 0.2) is 0 Å². The molecule has 1 rings (SSSR count). The van der Waals surface area contributed by atoms with Crippen LogP contribution in [-0.4, -0.2) is 31.2 Å². The molecule has 3 N–H and O–H groups in total. The summed E-state index contributed by atoms with van der Waals surface area (Å²) in [6.07, 6.45) is 1.33. The van der Waals surface area contributed by atoms with Gasteiger partial charge in [-0.05, 0) is 12.3 Å². The molecule has 1 aliphatic rings. The highest BCUT2D eigenvalue weighted by molar-refractivity contribution is 5.76. The van der Waals surface area contributed by atoms with E-state index >= 15 is 0 Å². The van der Waals surface area contributed by atoms with E-state index in [-0.39, 0.29) is 18.0 Å². The van der Waals surface area contributed by atoms with Crippen molar-refractivity contribution in [3.05, 3.63) is 0 Å². The minimum Gasteiger partial charge on any atom is -0.379 e. The van der Waals surface area contributed by atoms with Gasteiger partial charge in [-0.2, -0.15) is 0 Å². The molecule has 0 aromatic heterocycles. The van der Waals surface area contributed by atoms with E-state index in [2.05, 4.69) is 5.32 Å². The number of nitrogens with two attached hydrogens (primary N) is 1. The van der Waals surface area contributed by atoms with Crippen molar-refractivity contribution in [2.75, 3.05) is 13.2 Å². The van der Waals surface area contributed by atoms with Gasteiger partial charge in [0.05, 0.1) is 12.6 Å². The molecule has 0 aromatic carbocycles. The van der Waals surface area contributed by atoms with E-state index in [0.29, 0.717) is 18.9 Å². The van der Waals surface area contributed by atoms with Gasteiger partial charge in [-0.25, -0.2) is 0 Å². The molecule has 0 bridgehead atoms. The molecule has 0 aromatic rings. The van der Waals surface area contributed by atoms with Crippen LogP contribution in [0.2, 0.25) is 0 Å². The lowest BCUT2D eigenvalue weighted by Crippen LogP contribution is -2.40. The first kappa shape index (κ1) is 11.5. The molecule has 0 radical (unpaired) electrons. The zero-order valence-electron chi connectivity index (χ0n) is 8.95. The van der Waals surface area contributed by atoms with Crippen LogP contribution in [0.5, 0.6) is 0 Å². The Bertz CT molecular complexity index is 183. The summed E-state index contributed by atoms with van der Waals surface area (Å²) in [5, 5.41) is 2.92. The second kappa shape index (κ2) is 5.32. The maximum absolute atomic E-state index is 11.5. The van der Waals surface area contributed by atoms with Crippen molar-refractivity contribution in [2.45, 2.75) is 38.8 Å². The van der Waals surface area contributed by atoms with Crippen molar-refractivity contribution in [2.24, 2.45) is 11.7 Å². The fourth-order valence-electron chi connectivity index (χ4n) is 1.38. The molecule has 14 heavy (non-hydrogen) atoms. The summed E-state index contributed by atoms with van der Waals surface area (Å²) in [5.41, 5.74) is 5.80. The zero-order valence-corrected chi connectivity index (χ0v) is 8.95. The molecular formula is C10H20N2O2. The molecule has 82 valence electrons. The van der Waals surface area contributed by atoms with Crippen LogP contribution >= 0.6 is 0 Å². The van der Waals surface area contributed by atoms with E-state index in [4.69, 9.17) is 10.5 Å². The van der Waals surface area contributed by atoms with Gasteiger partial charge in [-0.3, -0.25) is 4.79 Å². The van der Waals surface area contributed by atoms with Crippen LogP contribution < -0.4 is 11.1 Å². The highest BCUT2D eigenvalue weighted by Gasteiger charge is 2.19. The standard InChI is InChI=1S/C10H20N2O2/c1-7(2)9(11)5-10(13)12-8-3-4-14-6-8/h7-9H,3-6,11H2,1-2H3,(H,12,13). The highest BCUT2D eigenvalue weighted by atomic mass is 16.5. The largest absolute Gasteiger partial charge is 0.379 e. The summed E-state index contributed by atoms with van der Waals surface area (Å²) in [7, 11) is 0. The van der Waals surface area contributed by atoms with Crippen molar-refractivity contribution < 1.29 is 9.53 Å². The monoisotopic (exact) mass is 200 g/mol. The van der Waals surface area contributed by atoms with E-state index in [1.54, 1.807) is 0 Å².